The maximum Gasteiger partial charge on any atom is 0.340 e. The third-order valence-electron chi connectivity index (χ3n) is 5.15. The monoisotopic (exact) mass is 465 g/mol. The second-order valence-corrected chi connectivity index (χ2v) is 9.97. The highest BCUT2D eigenvalue weighted by atomic mass is 35.5. The van der Waals surface area contributed by atoms with Gasteiger partial charge >= 0.3 is 10.1 Å². The normalized spacial score (nSPS) is 16.5. The quantitative estimate of drug-likeness (QED) is 0.533. The summed E-state index contributed by atoms with van der Waals surface area (Å²) < 4.78 is 36.7. The van der Waals surface area contributed by atoms with Gasteiger partial charge in [0.15, 0.2) is 0 Å². The lowest BCUT2D eigenvalue weighted by molar-refractivity contribution is -0.136. The average Bonchev–Trinajstić information content (AvgIpc) is 3.19. The van der Waals surface area contributed by atoms with Crippen LogP contribution in [0.25, 0.3) is 0 Å². The van der Waals surface area contributed by atoms with Gasteiger partial charge in [-0.05, 0) is 49.1 Å². The molecule has 1 aliphatic rings. The molecule has 3 rings (SSSR count). The van der Waals surface area contributed by atoms with E-state index in [1.807, 2.05) is 19.9 Å². The van der Waals surface area contributed by atoms with Crippen LogP contribution in [0.5, 0.6) is 5.75 Å². The maximum atomic E-state index is 12.8. The van der Waals surface area contributed by atoms with Crippen molar-refractivity contribution in [2.24, 2.45) is 5.92 Å². The van der Waals surface area contributed by atoms with Crippen LogP contribution in [-0.2, 0) is 26.2 Å². The molecule has 1 atom stereocenters. The van der Waals surface area contributed by atoms with Crippen LogP contribution in [0.4, 0.5) is 0 Å². The van der Waals surface area contributed by atoms with Crippen molar-refractivity contribution < 1.29 is 22.1 Å². The van der Waals surface area contributed by atoms with Gasteiger partial charge in [0, 0.05) is 25.6 Å². The van der Waals surface area contributed by atoms with Gasteiger partial charge in [0.1, 0.15) is 10.6 Å². The molecule has 0 aromatic heterocycles. The summed E-state index contributed by atoms with van der Waals surface area (Å²) in [4.78, 5) is 14.5. The molecule has 0 aliphatic carbocycles. The van der Waals surface area contributed by atoms with Crippen molar-refractivity contribution in [2.45, 2.75) is 51.2 Å². The fraction of sp³-hybridized carbons (Fsp3) is 0.435. The van der Waals surface area contributed by atoms with Crippen molar-refractivity contribution >= 4 is 27.6 Å². The molecule has 1 saturated heterocycles. The first-order valence-electron chi connectivity index (χ1n) is 10.4. The highest BCUT2D eigenvalue weighted by Gasteiger charge is 2.25. The molecule has 0 saturated carbocycles. The summed E-state index contributed by atoms with van der Waals surface area (Å²) in [5.74, 6) is 0.0522. The number of amides is 1. The third kappa shape index (κ3) is 5.99. The van der Waals surface area contributed by atoms with E-state index >= 15 is 0 Å². The van der Waals surface area contributed by atoms with E-state index in [0.29, 0.717) is 18.7 Å². The lowest BCUT2D eigenvalue weighted by Crippen LogP contribution is -2.39. The lowest BCUT2D eigenvalue weighted by Gasteiger charge is -2.27. The van der Waals surface area contributed by atoms with Crippen LogP contribution in [0, 0.1) is 12.8 Å². The molecular formula is C23H28ClNO5S. The molecule has 2 aromatic carbocycles. The Labute approximate surface area is 189 Å². The SMILES string of the molecule is Cc1cccc(Cl)c1S(=O)(=O)Oc1cccc(CN(CC2CCCO2)C(=O)C(C)C)c1. The molecule has 31 heavy (non-hydrogen) atoms. The Morgan fingerprint density at radius 1 is 1.26 bits per heavy atom. The van der Waals surface area contributed by atoms with Crippen LogP contribution in [0.2, 0.25) is 5.02 Å². The Morgan fingerprint density at radius 3 is 2.65 bits per heavy atom. The first kappa shape index (κ1) is 23.6. The minimum absolute atomic E-state index is 0.0288. The van der Waals surface area contributed by atoms with Gasteiger partial charge in [-0.2, -0.15) is 8.42 Å². The number of halogens is 1. The Balaban J connectivity index is 1.80. The molecule has 6 nitrogen and oxygen atoms in total. The van der Waals surface area contributed by atoms with Crippen molar-refractivity contribution in [2.75, 3.05) is 13.2 Å². The Kier molecular flexibility index (Phi) is 7.62. The number of ether oxygens (including phenoxy) is 1. The zero-order valence-electron chi connectivity index (χ0n) is 18.0. The first-order valence-corrected chi connectivity index (χ1v) is 12.1. The predicted molar refractivity (Wildman–Crippen MR) is 120 cm³/mol. The van der Waals surface area contributed by atoms with Crippen LogP contribution in [-0.4, -0.2) is 38.5 Å². The number of rotatable bonds is 8. The molecule has 1 fully saturated rings. The van der Waals surface area contributed by atoms with Gasteiger partial charge in [-0.15, -0.1) is 0 Å². The first-order chi connectivity index (χ1) is 14.7. The number of hydrogen-bond donors (Lipinski definition) is 0. The summed E-state index contributed by atoms with van der Waals surface area (Å²) in [7, 11) is -4.10. The minimum Gasteiger partial charge on any atom is -0.379 e. The van der Waals surface area contributed by atoms with E-state index in [0.717, 1.165) is 25.0 Å². The molecule has 0 spiro atoms. The minimum atomic E-state index is -4.10. The Hall–Kier alpha value is -2.09. The van der Waals surface area contributed by atoms with E-state index < -0.39 is 10.1 Å². The van der Waals surface area contributed by atoms with Crippen LogP contribution >= 0.6 is 11.6 Å². The highest BCUT2D eigenvalue weighted by Crippen LogP contribution is 2.28. The number of aryl methyl sites for hydroxylation is 1. The number of nitrogens with zero attached hydrogens (tertiary/aromatic N) is 1. The molecule has 0 radical (unpaired) electrons. The predicted octanol–water partition coefficient (Wildman–Crippen LogP) is 4.58. The zero-order valence-corrected chi connectivity index (χ0v) is 19.6. The number of hydrogen-bond acceptors (Lipinski definition) is 5. The molecule has 8 heteroatoms. The number of carbonyl (C=O) groups is 1. The van der Waals surface area contributed by atoms with Crippen molar-refractivity contribution in [3.05, 3.63) is 58.6 Å². The molecule has 1 heterocycles. The van der Waals surface area contributed by atoms with Gasteiger partial charge in [-0.3, -0.25) is 4.79 Å². The smallest absolute Gasteiger partial charge is 0.340 e. The van der Waals surface area contributed by atoms with Crippen molar-refractivity contribution in [1.82, 2.24) is 4.90 Å². The van der Waals surface area contributed by atoms with Gasteiger partial charge in [-0.25, -0.2) is 0 Å². The summed E-state index contributed by atoms with van der Waals surface area (Å²) in [6.45, 7) is 6.97. The molecule has 1 amide bonds. The van der Waals surface area contributed by atoms with E-state index in [1.165, 1.54) is 6.07 Å². The van der Waals surface area contributed by atoms with E-state index in [4.69, 9.17) is 20.5 Å². The summed E-state index contributed by atoms with van der Waals surface area (Å²) in [5.41, 5.74) is 1.28. The van der Waals surface area contributed by atoms with Crippen LogP contribution in [0.15, 0.2) is 47.4 Å². The van der Waals surface area contributed by atoms with Crippen LogP contribution < -0.4 is 4.18 Å². The largest absolute Gasteiger partial charge is 0.379 e. The Morgan fingerprint density at radius 2 is 2.00 bits per heavy atom. The third-order valence-corrected chi connectivity index (χ3v) is 7.03. The maximum absolute atomic E-state index is 12.8. The topological polar surface area (TPSA) is 72.9 Å². The molecule has 1 aliphatic heterocycles. The standard InChI is InChI=1S/C23H28ClNO5S/c1-16(2)23(26)25(15-20-10-6-12-29-20)14-18-8-5-9-19(13-18)30-31(27,28)22-17(3)7-4-11-21(22)24/h4-5,7-9,11,13,16,20H,6,10,12,14-15H2,1-3H3. The molecule has 0 bridgehead atoms. The molecule has 1 unspecified atom stereocenters. The number of benzene rings is 2. The van der Waals surface area contributed by atoms with E-state index in [-0.39, 0.29) is 33.6 Å². The second kappa shape index (κ2) is 10.0. The van der Waals surface area contributed by atoms with Gasteiger partial charge in [0.05, 0.1) is 11.1 Å². The number of carbonyl (C=O) groups excluding carboxylic acids is 1. The Bertz CT molecular complexity index is 1010. The second-order valence-electron chi connectivity index (χ2n) is 8.08. The summed E-state index contributed by atoms with van der Waals surface area (Å²) in [5, 5.41) is 0.112. The van der Waals surface area contributed by atoms with Gasteiger partial charge in [-0.1, -0.05) is 49.7 Å². The van der Waals surface area contributed by atoms with E-state index in [1.54, 1.807) is 42.2 Å². The van der Waals surface area contributed by atoms with Crippen molar-refractivity contribution in [3.8, 4) is 5.75 Å². The van der Waals surface area contributed by atoms with Crippen molar-refractivity contribution in [1.29, 1.82) is 0 Å². The average molecular weight is 466 g/mol. The summed E-state index contributed by atoms with van der Waals surface area (Å²) in [6, 6.07) is 11.6. The van der Waals surface area contributed by atoms with E-state index in [2.05, 4.69) is 0 Å². The molecule has 168 valence electrons. The lowest BCUT2D eigenvalue weighted by atomic mass is 10.1. The fourth-order valence-corrected chi connectivity index (χ4v) is 5.36. The van der Waals surface area contributed by atoms with Gasteiger partial charge < -0.3 is 13.8 Å². The van der Waals surface area contributed by atoms with Crippen LogP contribution in [0.1, 0.15) is 37.8 Å². The van der Waals surface area contributed by atoms with Crippen molar-refractivity contribution in [3.63, 3.8) is 0 Å². The zero-order chi connectivity index (χ0) is 22.6. The molecule has 2 aromatic rings. The summed E-state index contributed by atoms with van der Waals surface area (Å²) >= 11 is 6.11. The van der Waals surface area contributed by atoms with E-state index in [9.17, 15) is 13.2 Å². The highest BCUT2D eigenvalue weighted by molar-refractivity contribution is 7.87. The van der Waals surface area contributed by atoms with Gasteiger partial charge in [0.2, 0.25) is 5.91 Å². The van der Waals surface area contributed by atoms with Gasteiger partial charge in [0.25, 0.3) is 0 Å². The fourth-order valence-electron chi connectivity index (χ4n) is 3.65. The summed E-state index contributed by atoms with van der Waals surface area (Å²) in [6.07, 6.45) is 1.96. The molecule has 0 N–H and O–H groups in total. The molecular weight excluding hydrogens is 438 g/mol. The van der Waals surface area contributed by atoms with Crippen LogP contribution in [0.3, 0.4) is 0 Å².